The number of rotatable bonds is 40. The van der Waals surface area contributed by atoms with E-state index in [1.54, 1.807) is 18.4 Å². The van der Waals surface area contributed by atoms with Crippen molar-refractivity contribution < 1.29 is 42.6 Å². The molecule has 0 saturated carbocycles. The molecule has 9 nitrogen and oxygen atoms in total. The van der Waals surface area contributed by atoms with Crippen molar-refractivity contribution in [3.8, 4) is 0 Å². The molecule has 0 amide bonds. The molecule has 0 saturated heterocycles. The smallest absolute Gasteiger partial charge is 0.108 e. The highest BCUT2D eigenvalue weighted by Crippen LogP contribution is 2.49. The summed E-state index contributed by atoms with van der Waals surface area (Å²) in [5.41, 5.74) is -3.19. The quantitative estimate of drug-likeness (QED) is 0.0258. The molecule has 0 fully saturated rings. The molecule has 64 heavy (non-hydrogen) atoms. The molecule has 0 aromatic heterocycles. The summed E-state index contributed by atoms with van der Waals surface area (Å²) in [6, 6.07) is -0.411. The summed E-state index contributed by atoms with van der Waals surface area (Å²) in [5.74, 6) is 0.0254. The van der Waals surface area contributed by atoms with Crippen LogP contribution in [-0.2, 0) is 42.6 Å². The van der Waals surface area contributed by atoms with Crippen molar-refractivity contribution in [2.75, 3.05) is 66.1 Å². The maximum Gasteiger partial charge on any atom is 0.108 e. The standard InChI is InChI=1S/C53H100B2O9/c1-21-30-58-32-28-33-61-53(20,41-54)51(18,24-4)43(37-56-26-6)38-62-52(19,25-5)46(9,10)29-34-60-48(13,14)47(11,12)35-45(40-57-27-7)64-49(15,16)50(17,23-3)36-44(63-42(8)55)39-59-31-22-2/h21-22,28,32,42-45H,1-2,23-27,29-31,33-41H2,3-20H3/b32-28-. The zero-order valence-corrected chi connectivity index (χ0v) is 44.9. The van der Waals surface area contributed by atoms with Gasteiger partial charge in [0.05, 0.1) is 88.4 Å². The Hall–Kier alpha value is -1.17. The van der Waals surface area contributed by atoms with E-state index in [0.29, 0.717) is 72.4 Å². The van der Waals surface area contributed by atoms with E-state index in [1.807, 2.05) is 26.8 Å². The van der Waals surface area contributed by atoms with Crippen LogP contribution in [0.1, 0.15) is 163 Å². The number of hydrogen-bond donors (Lipinski definition) is 0. The SMILES string of the molecule is [B]CC(C)(OC/C=C\OCC=C)C(C)(CC)C(COCC)COC(C)(CC)C(C)(C)CCOC(C)(C)C(C)(C)CC(COCC)OC(C)(C)C(C)(CC)CC(COCC=C)OC([B])C. The summed E-state index contributed by atoms with van der Waals surface area (Å²) in [7, 11) is 12.6. The first-order valence-electron chi connectivity index (χ1n) is 24.6. The summed E-state index contributed by atoms with van der Waals surface area (Å²) in [6.07, 6.45) is 11.8. The van der Waals surface area contributed by atoms with E-state index in [-0.39, 0.29) is 39.8 Å². The van der Waals surface area contributed by atoms with Gasteiger partial charge in [-0.1, -0.05) is 87.4 Å². The second-order valence-electron chi connectivity index (χ2n) is 21.2. The molecule has 0 aromatic rings. The molecule has 0 aromatic carbocycles. The molecule has 0 spiro atoms. The Balaban J connectivity index is 6.24. The lowest BCUT2D eigenvalue weighted by molar-refractivity contribution is -0.197. The van der Waals surface area contributed by atoms with Gasteiger partial charge >= 0.3 is 0 Å². The molecule has 8 unspecified atom stereocenters. The van der Waals surface area contributed by atoms with Gasteiger partial charge < -0.3 is 42.6 Å². The van der Waals surface area contributed by atoms with Crippen LogP contribution in [0.4, 0.5) is 0 Å². The Morgan fingerprint density at radius 1 is 0.594 bits per heavy atom. The molecule has 0 aliphatic rings. The van der Waals surface area contributed by atoms with Gasteiger partial charge in [-0.25, -0.2) is 0 Å². The highest BCUT2D eigenvalue weighted by molar-refractivity contribution is 6.10. The molecule has 11 heteroatoms. The minimum Gasteiger partial charge on any atom is -0.497 e. The normalized spacial score (nSPS) is 18.9. The fourth-order valence-electron chi connectivity index (χ4n) is 8.58. The lowest BCUT2D eigenvalue weighted by Gasteiger charge is -2.52. The maximum absolute atomic E-state index is 7.17. The fraction of sp³-hybridized carbons (Fsp3) is 0.887. The van der Waals surface area contributed by atoms with E-state index in [1.165, 1.54) is 0 Å². The van der Waals surface area contributed by atoms with E-state index >= 15 is 0 Å². The van der Waals surface area contributed by atoms with Crippen LogP contribution in [0.3, 0.4) is 0 Å². The van der Waals surface area contributed by atoms with Gasteiger partial charge in [-0.2, -0.15) is 0 Å². The molecule has 372 valence electrons. The average Bonchev–Trinajstić information content (AvgIpc) is 3.22. The van der Waals surface area contributed by atoms with Crippen LogP contribution in [0.15, 0.2) is 37.6 Å². The molecule has 0 N–H and O–H groups in total. The topological polar surface area (TPSA) is 83.1 Å². The third-order valence-corrected chi connectivity index (χ3v) is 15.8. The van der Waals surface area contributed by atoms with Crippen LogP contribution < -0.4 is 0 Å². The first-order valence-corrected chi connectivity index (χ1v) is 24.6. The summed E-state index contributed by atoms with van der Waals surface area (Å²) < 4.78 is 57.5. The first kappa shape index (κ1) is 62.8. The Morgan fingerprint density at radius 3 is 1.70 bits per heavy atom. The lowest BCUT2D eigenvalue weighted by Crippen LogP contribution is -2.54. The predicted octanol–water partition coefficient (Wildman–Crippen LogP) is 12.1. The average molecular weight is 903 g/mol. The Bertz CT molecular complexity index is 1300. The zero-order valence-electron chi connectivity index (χ0n) is 44.9. The second kappa shape index (κ2) is 29.0. The van der Waals surface area contributed by atoms with Crippen molar-refractivity contribution in [3.63, 3.8) is 0 Å². The van der Waals surface area contributed by atoms with Crippen LogP contribution in [0.2, 0.25) is 6.32 Å². The summed E-state index contributed by atoms with van der Waals surface area (Å²) in [6.45, 7) is 52.0. The molecule has 0 aliphatic heterocycles. The lowest BCUT2D eigenvalue weighted by atomic mass is 9.60. The first-order chi connectivity index (χ1) is 29.7. The van der Waals surface area contributed by atoms with Gasteiger partial charge in [0, 0.05) is 37.2 Å². The molecule has 8 atom stereocenters. The monoisotopic (exact) mass is 903 g/mol. The largest absolute Gasteiger partial charge is 0.497 e. The van der Waals surface area contributed by atoms with E-state index in [4.69, 9.17) is 58.3 Å². The highest BCUT2D eigenvalue weighted by atomic mass is 16.6. The second-order valence-corrected chi connectivity index (χ2v) is 21.2. The minimum atomic E-state index is -0.639. The summed E-state index contributed by atoms with van der Waals surface area (Å²) in [4.78, 5) is 0. The predicted molar refractivity (Wildman–Crippen MR) is 270 cm³/mol. The van der Waals surface area contributed by atoms with Gasteiger partial charge in [0.15, 0.2) is 0 Å². The van der Waals surface area contributed by atoms with Crippen LogP contribution >= 0.6 is 0 Å². The van der Waals surface area contributed by atoms with Crippen molar-refractivity contribution in [1.29, 1.82) is 0 Å². The van der Waals surface area contributed by atoms with Gasteiger partial charge in [0.1, 0.15) is 14.5 Å². The van der Waals surface area contributed by atoms with Crippen LogP contribution in [0, 0.1) is 27.6 Å². The molecule has 0 aliphatic carbocycles. The van der Waals surface area contributed by atoms with Gasteiger partial charge in [-0.3, -0.25) is 0 Å². The Kier molecular flexibility index (Phi) is 28.5. The number of hydrogen-bond acceptors (Lipinski definition) is 9. The zero-order chi connectivity index (χ0) is 49.5. The van der Waals surface area contributed by atoms with Crippen molar-refractivity contribution >= 4 is 15.7 Å². The molecular formula is C53H100B2O9. The van der Waals surface area contributed by atoms with E-state index < -0.39 is 28.4 Å². The van der Waals surface area contributed by atoms with Crippen LogP contribution in [0.5, 0.6) is 0 Å². The van der Waals surface area contributed by atoms with E-state index in [0.717, 1.165) is 38.5 Å². The van der Waals surface area contributed by atoms with Crippen molar-refractivity contribution in [3.05, 3.63) is 37.6 Å². The molecule has 0 rings (SSSR count). The highest BCUT2D eigenvalue weighted by Gasteiger charge is 2.51. The van der Waals surface area contributed by atoms with Crippen molar-refractivity contribution in [1.82, 2.24) is 0 Å². The molecule has 4 radical (unpaired) electrons. The number of ether oxygens (including phenoxy) is 9. The fourth-order valence-corrected chi connectivity index (χ4v) is 8.58. The third kappa shape index (κ3) is 18.7. The Morgan fingerprint density at radius 2 is 1.19 bits per heavy atom. The van der Waals surface area contributed by atoms with E-state index in [9.17, 15) is 0 Å². The summed E-state index contributed by atoms with van der Waals surface area (Å²) in [5, 5.41) is 0. The molecule has 0 heterocycles. The van der Waals surface area contributed by atoms with Crippen LogP contribution in [0.25, 0.3) is 0 Å². The third-order valence-electron chi connectivity index (χ3n) is 15.8. The Labute approximate surface area is 398 Å². The van der Waals surface area contributed by atoms with Crippen LogP contribution in [-0.4, -0.2) is 122 Å². The van der Waals surface area contributed by atoms with Gasteiger partial charge in [-0.05, 0) is 123 Å². The van der Waals surface area contributed by atoms with Gasteiger partial charge in [0.25, 0.3) is 0 Å². The molecule has 0 bridgehead atoms. The van der Waals surface area contributed by atoms with Gasteiger partial charge in [-0.15, -0.1) is 6.58 Å². The molecular weight excluding hydrogens is 802 g/mol. The van der Waals surface area contributed by atoms with E-state index in [2.05, 4.69) is 117 Å². The summed E-state index contributed by atoms with van der Waals surface area (Å²) >= 11 is 0. The maximum atomic E-state index is 7.17. The van der Waals surface area contributed by atoms with Gasteiger partial charge in [0.2, 0.25) is 0 Å². The minimum absolute atomic E-state index is 0.0254. The van der Waals surface area contributed by atoms with Crippen molar-refractivity contribution in [2.45, 2.75) is 210 Å². The van der Waals surface area contributed by atoms with Crippen molar-refractivity contribution in [2.24, 2.45) is 27.6 Å².